The van der Waals surface area contributed by atoms with Gasteiger partial charge in [0.2, 0.25) is 0 Å². The van der Waals surface area contributed by atoms with E-state index in [4.69, 9.17) is 4.74 Å². The largest absolute Gasteiger partial charge is 0.487 e. The number of benzene rings is 2. The van der Waals surface area contributed by atoms with E-state index >= 15 is 0 Å². The van der Waals surface area contributed by atoms with E-state index in [0.29, 0.717) is 0 Å². The Hall–Kier alpha value is -2.39. The SMILES string of the molecule is CC1(C)CC(NCCc2ccccc2)c2c(ccc3ncccc23)O1. The average molecular weight is 332 g/mol. The van der Waals surface area contributed by atoms with E-state index in [1.165, 1.54) is 16.5 Å². The van der Waals surface area contributed by atoms with Gasteiger partial charge in [0.25, 0.3) is 0 Å². The highest BCUT2D eigenvalue weighted by Crippen LogP contribution is 2.42. The molecule has 0 bridgehead atoms. The maximum atomic E-state index is 6.25. The van der Waals surface area contributed by atoms with E-state index in [9.17, 15) is 0 Å². The van der Waals surface area contributed by atoms with Gasteiger partial charge in [-0.2, -0.15) is 0 Å². The molecule has 0 saturated carbocycles. The highest BCUT2D eigenvalue weighted by Gasteiger charge is 2.34. The fourth-order valence-electron chi connectivity index (χ4n) is 3.75. The first-order chi connectivity index (χ1) is 12.1. The summed E-state index contributed by atoms with van der Waals surface area (Å²) in [6.45, 7) is 5.27. The Morgan fingerprint density at radius 2 is 1.92 bits per heavy atom. The molecule has 0 fully saturated rings. The van der Waals surface area contributed by atoms with E-state index in [1.807, 2.05) is 12.3 Å². The molecule has 0 saturated heterocycles. The van der Waals surface area contributed by atoms with Crippen molar-refractivity contribution < 1.29 is 4.74 Å². The number of rotatable bonds is 4. The summed E-state index contributed by atoms with van der Waals surface area (Å²) in [5, 5.41) is 4.95. The monoisotopic (exact) mass is 332 g/mol. The highest BCUT2D eigenvalue weighted by molar-refractivity contribution is 5.85. The van der Waals surface area contributed by atoms with Crippen LogP contribution in [0.25, 0.3) is 10.9 Å². The van der Waals surface area contributed by atoms with Gasteiger partial charge >= 0.3 is 0 Å². The summed E-state index contributed by atoms with van der Waals surface area (Å²) in [6.07, 6.45) is 3.82. The van der Waals surface area contributed by atoms with Crippen LogP contribution in [0.15, 0.2) is 60.8 Å². The van der Waals surface area contributed by atoms with Crippen LogP contribution in [0.4, 0.5) is 0 Å². The molecule has 3 heteroatoms. The molecule has 1 aliphatic heterocycles. The zero-order valence-corrected chi connectivity index (χ0v) is 14.8. The average Bonchev–Trinajstić information content (AvgIpc) is 2.61. The summed E-state index contributed by atoms with van der Waals surface area (Å²) in [7, 11) is 0. The van der Waals surface area contributed by atoms with Crippen molar-refractivity contribution in [1.29, 1.82) is 0 Å². The van der Waals surface area contributed by atoms with Crippen LogP contribution in [0.1, 0.15) is 37.4 Å². The van der Waals surface area contributed by atoms with Gasteiger partial charge < -0.3 is 10.1 Å². The molecule has 3 aromatic rings. The third kappa shape index (κ3) is 3.38. The van der Waals surface area contributed by atoms with E-state index in [2.05, 4.69) is 72.7 Å². The van der Waals surface area contributed by atoms with Crippen LogP contribution in [0.3, 0.4) is 0 Å². The highest BCUT2D eigenvalue weighted by atomic mass is 16.5. The molecule has 1 aromatic heterocycles. The molecule has 1 atom stereocenters. The van der Waals surface area contributed by atoms with Crippen LogP contribution in [0, 0.1) is 0 Å². The summed E-state index contributed by atoms with van der Waals surface area (Å²) in [5.41, 5.74) is 3.46. The zero-order chi connectivity index (χ0) is 17.3. The Morgan fingerprint density at radius 1 is 1.08 bits per heavy atom. The second kappa shape index (κ2) is 6.49. The lowest BCUT2D eigenvalue weighted by molar-refractivity contribution is 0.0669. The van der Waals surface area contributed by atoms with E-state index in [-0.39, 0.29) is 11.6 Å². The second-order valence-electron chi connectivity index (χ2n) is 7.36. The number of ether oxygens (including phenoxy) is 1. The van der Waals surface area contributed by atoms with Gasteiger partial charge in [0.1, 0.15) is 11.4 Å². The topological polar surface area (TPSA) is 34.2 Å². The number of nitrogens with one attached hydrogen (secondary N) is 1. The van der Waals surface area contributed by atoms with Crippen molar-refractivity contribution in [3.05, 3.63) is 71.9 Å². The van der Waals surface area contributed by atoms with Crippen LogP contribution in [-0.2, 0) is 6.42 Å². The van der Waals surface area contributed by atoms with Crippen molar-refractivity contribution in [1.82, 2.24) is 10.3 Å². The number of pyridine rings is 1. The Balaban J connectivity index is 1.62. The molecule has 0 aliphatic carbocycles. The molecule has 2 aromatic carbocycles. The Kier molecular flexibility index (Phi) is 4.18. The lowest BCUT2D eigenvalue weighted by Gasteiger charge is -2.38. The number of hydrogen-bond acceptors (Lipinski definition) is 3. The van der Waals surface area contributed by atoms with Crippen LogP contribution in [0.5, 0.6) is 5.75 Å². The molecule has 1 N–H and O–H groups in total. The minimum Gasteiger partial charge on any atom is -0.487 e. The summed E-state index contributed by atoms with van der Waals surface area (Å²) in [6, 6.07) is 19.2. The first kappa shape index (κ1) is 16.1. The van der Waals surface area contributed by atoms with Gasteiger partial charge in [-0.25, -0.2) is 0 Å². The number of nitrogens with zero attached hydrogens (tertiary/aromatic N) is 1. The first-order valence-electron chi connectivity index (χ1n) is 8.96. The molecule has 128 valence electrons. The minimum atomic E-state index is -0.173. The smallest absolute Gasteiger partial charge is 0.125 e. The number of aromatic nitrogens is 1. The van der Waals surface area contributed by atoms with Gasteiger partial charge in [0.05, 0.1) is 5.52 Å². The number of fused-ring (bicyclic) bond motifs is 3. The summed E-state index contributed by atoms with van der Waals surface area (Å²) in [5.74, 6) is 0.981. The quantitative estimate of drug-likeness (QED) is 0.754. The maximum absolute atomic E-state index is 6.25. The maximum Gasteiger partial charge on any atom is 0.125 e. The van der Waals surface area contributed by atoms with Crippen molar-refractivity contribution in [3.8, 4) is 5.75 Å². The molecule has 2 heterocycles. The molecule has 0 radical (unpaired) electrons. The van der Waals surface area contributed by atoms with Gasteiger partial charge in [-0.1, -0.05) is 36.4 Å². The summed E-state index contributed by atoms with van der Waals surface area (Å²) >= 11 is 0. The van der Waals surface area contributed by atoms with Crippen LogP contribution >= 0.6 is 0 Å². The van der Waals surface area contributed by atoms with Crippen LogP contribution in [0.2, 0.25) is 0 Å². The third-order valence-electron chi connectivity index (χ3n) is 4.86. The molecule has 3 nitrogen and oxygen atoms in total. The third-order valence-corrected chi connectivity index (χ3v) is 4.86. The molecular weight excluding hydrogens is 308 g/mol. The molecule has 1 unspecified atom stereocenters. The van der Waals surface area contributed by atoms with Crippen molar-refractivity contribution >= 4 is 10.9 Å². The fraction of sp³-hybridized carbons (Fsp3) is 0.318. The number of hydrogen-bond donors (Lipinski definition) is 1. The van der Waals surface area contributed by atoms with E-state index in [1.54, 1.807) is 0 Å². The zero-order valence-electron chi connectivity index (χ0n) is 14.8. The Labute approximate surface area is 149 Å². The van der Waals surface area contributed by atoms with E-state index in [0.717, 1.165) is 30.7 Å². The Bertz CT molecular complexity index is 874. The van der Waals surface area contributed by atoms with Crippen molar-refractivity contribution in [2.24, 2.45) is 0 Å². The van der Waals surface area contributed by atoms with E-state index < -0.39 is 0 Å². The second-order valence-corrected chi connectivity index (χ2v) is 7.36. The molecule has 0 amide bonds. The van der Waals surface area contributed by atoms with Crippen LogP contribution < -0.4 is 10.1 Å². The molecular formula is C22H24N2O. The first-order valence-corrected chi connectivity index (χ1v) is 8.96. The normalized spacial score (nSPS) is 18.6. The lowest BCUT2D eigenvalue weighted by atomic mass is 9.87. The molecule has 1 aliphatic rings. The minimum absolute atomic E-state index is 0.173. The van der Waals surface area contributed by atoms with Gasteiger partial charge in [-0.05, 0) is 50.6 Å². The fourth-order valence-corrected chi connectivity index (χ4v) is 3.75. The van der Waals surface area contributed by atoms with Crippen molar-refractivity contribution in [2.75, 3.05) is 6.54 Å². The standard InChI is InChI=1S/C22H24N2O/c1-22(2)15-19(24-14-12-16-7-4-3-5-8-16)21-17-9-6-13-23-18(17)10-11-20(21)25-22/h3-11,13,19,24H,12,14-15H2,1-2H3. The van der Waals surface area contributed by atoms with Crippen molar-refractivity contribution in [2.45, 2.75) is 38.3 Å². The van der Waals surface area contributed by atoms with Gasteiger partial charge in [0, 0.05) is 29.6 Å². The summed E-state index contributed by atoms with van der Waals surface area (Å²) in [4.78, 5) is 4.50. The van der Waals surface area contributed by atoms with Crippen LogP contribution in [-0.4, -0.2) is 17.1 Å². The molecule has 0 spiro atoms. The molecule has 4 rings (SSSR count). The lowest BCUT2D eigenvalue weighted by Crippen LogP contribution is -2.40. The van der Waals surface area contributed by atoms with Gasteiger partial charge in [0.15, 0.2) is 0 Å². The predicted octanol–water partition coefficient (Wildman–Crippen LogP) is 4.67. The predicted molar refractivity (Wildman–Crippen MR) is 102 cm³/mol. The molecule has 25 heavy (non-hydrogen) atoms. The Morgan fingerprint density at radius 3 is 2.76 bits per heavy atom. The van der Waals surface area contributed by atoms with Crippen molar-refractivity contribution in [3.63, 3.8) is 0 Å². The van der Waals surface area contributed by atoms with Gasteiger partial charge in [-0.3, -0.25) is 4.98 Å². The van der Waals surface area contributed by atoms with Gasteiger partial charge in [-0.15, -0.1) is 0 Å². The summed E-state index contributed by atoms with van der Waals surface area (Å²) < 4.78 is 6.25.